The molecule has 0 aliphatic carbocycles. The molecule has 0 aliphatic rings. The van der Waals surface area contributed by atoms with Crippen molar-refractivity contribution in [3.05, 3.63) is 58.0 Å². The Morgan fingerprint density at radius 3 is 2.83 bits per heavy atom. The van der Waals surface area contributed by atoms with Crippen molar-refractivity contribution in [3.8, 4) is 0 Å². The molecule has 0 unspecified atom stereocenters. The molecule has 0 radical (unpaired) electrons. The van der Waals surface area contributed by atoms with E-state index in [1.165, 1.54) is 6.07 Å². The Labute approximate surface area is 105 Å². The molecule has 94 valence electrons. The molecule has 2 aromatic rings. The summed E-state index contributed by atoms with van der Waals surface area (Å²) in [4.78, 5) is 10.2. The van der Waals surface area contributed by atoms with Crippen molar-refractivity contribution in [2.75, 3.05) is 11.9 Å². The molecule has 0 fully saturated rings. The topological polar surface area (TPSA) is 68.3 Å². The van der Waals surface area contributed by atoms with Crippen LogP contribution in [-0.4, -0.2) is 11.5 Å². The Morgan fingerprint density at radius 1 is 1.39 bits per heavy atom. The van der Waals surface area contributed by atoms with Crippen LogP contribution in [0.4, 0.5) is 11.4 Å². The van der Waals surface area contributed by atoms with Gasteiger partial charge in [-0.25, -0.2) is 0 Å². The number of hydrogen-bond donors (Lipinski definition) is 1. The highest BCUT2D eigenvalue weighted by Crippen LogP contribution is 2.21. The Balaban J connectivity index is 1.95. The highest BCUT2D eigenvalue weighted by Gasteiger charge is 2.07. The Hall–Kier alpha value is -2.30. The zero-order valence-corrected chi connectivity index (χ0v) is 10.1. The van der Waals surface area contributed by atoms with Crippen LogP contribution in [0.25, 0.3) is 0 Å². The summed E-state index contributed by atoms with van der Waals surface area (Å²) >= 11 is 0. The molecule has 0 atom stereocenters. The molecular formula is C13H14N2O3. The number of nitro groups is 1. The first-order valence-electron chi connectivity index (χ1n) is 5.68. The number of anilines is 1. The van der Waals surface area contributed by atoms with Gasteiger partial charge in [-0.1, -0.05) is 0 Å². The van der Waals surface area contributed by atoms with Gasteiger partial charge in [-0.3, -0.25) is 10.1 Å². The van der Waals surface area contributed by atoms with Crippen molar-refractivity contribution < 1.29 is 9.34 Å². The number of hydrogen-bond acceptors (Lipinski definition) is 4. The Morgan fingerprint density at radius 2 is 2.22 bits per heavy atom. The highest BCUT2D eigenvalue weighted by atomic mass is 16.6. The smallest absolute Gasteiger partial charge is 0.269 e. The van der Waals surface area contributed by atoms with Gasteiger partial charge in [0.25, 0.3) is 5.69 Å². The molecule has 1 heterocycles. The van der Waals surface area contributed by atoms with Crippen LogP contribution in [0.3, 0.4) is 0 Å². The van der Waals surface area contributed by atoms with Crippen molar-refractivity contribution in [2.45, 2.75) is 13.3 Å². The van der Waals surface area contributed by atoms with E-state index < -0.39 is 0 Å². The third-order valence-electron chi connectivity index (χ3n) is 2.69. The number of benzene rings is 1. The first kappa shape index (κ1) is 12.2. The molecule has 5 heteroatoms. The van der Waals surface area contributed by atoms with Crippen LogP contribution in [0.5, 0.6) is 0 Å². The Kier molecular flexibility index (Phi) is 3.62. The van der Waals surface area contributed by atoms with Gasteiger partial charge in [-0.05, 0) is 30.7 Å². The van der Waals surface area contributed by atoms with Gasteiger partial charge in [-0.2, -0.15) is 0 Å². The minimum absolute atomic E-state index is 0.115. The summed E-state index contributed by atoms with van der Waals surface area (Å²) in [5.74, 6) is 0.919. The van der Waals surface area contributed by atoms with E-state index in [0.29, 0.717) is 0 Å². The fourth-order valence-corrected chi connectivity index (χ4v) is 1.73. The van der Waals surface area contributed by atoms with E-state index in [2.05, 4.69) is 5.32 Å². The van der Waals surface area contributed by atoms with Gasteiger partial charge in [-0.15, -0.1) is 0 Å². The van der Waals surface area contributed by atoms with E-state index in [1.807, 2.05) is 19.1 Å². The van der Waals surface area contributed by atoms with Crippen LogP contribution in [-0.2, 0) is 6.42 Å². The molecule has 2 rings (SSSR count). The lowest BCUT2D eigenvalue weighted by molar-refractivity contribution is -0.384. The number of rotatable bonds is 5. The molecule has 0 saturated carbocycles. The first-order valence-corrected chi connectivity index (χ1v) is 5.68. The fraction of sp³-hybridized carbons (Fsp3) is 0.231. The summed E-state index contributed by atoms with van der Waals surface area (Å²) in [6.45, 7) is 2.58. The standard InChI is InChI=1S/C13H14N2O3/c1-10-9-11(15(16)17)4-5-13(10)14-7-6-12-3-2-8-18-12/h2-5,8-9,14H,6-7H2,1H3. The van der Waals surface area contributed by atoms with Crippen LogP contribution in [0, 0.1) is 17.0 Å². The second-order valence-corrected chi connectivity index (χ2v) is 4.01. The SMILES string of the molecule is Cc1cc([N+](=O)[O-])ccc1NCCc1ccco1. The number of nitro benzene ring substituents is 1. The second-order valence-electron chi connectivity index (χ2n) is 4.01. The number of aryl methyl sites for hydroxylation is 1. The van der Waals surface area contributed by atoms with Crippen LogP contribution < -0.4 is 5.32 Å². The lowest BCUT2D eigenvalue weighted by Gasteiger charge is -2.08. The van der Waals surface area contributed by atoms with Crippen molar-refractivity contribution in [1.29, 1.82) is 0 Å². The Bertz CT molecular complexity index is 535. The minimum Gasteiger partial charge on any atom is -0.469 e. The maximum atomic E-state index is 10.6. The fourth-order valence-electron chi connectivity index (χ4n) is 1.73. The van der Waals surface area contributed by atoms with Crippen LogP contribution in [0.15, 0.2) is 41.0 Å². The van der Waals surface area contributed by atoms with Gasteiger partial charge in [0.2, 0.25) is 0 Å². The minimum atomic E-state index is -0.389. The second kappa shape index (κ2) is 5.35. The van der Waals surface area contributed by atoms with Crippen molar-refractivity contribution in [2.24, 2.45) is 0 Å². The van der Waals surface area contributed by atoms with Gasteiger partial charge < -0.3 is 9.73 Å². The summed E-state index contributed by atoms with van der Waals surface area (Å²) in [7, 11) is 0. The van der Waals surface area contributed by atoms with Gasteiger partial charge in [0.05, 0.1) is 11.2 Å². The number of furan rings is 1. The molecule has 0 spiro atoms. The molecule has 1 N–H and O–H groups in total. The zero-order valence-electron chi connectivity index (χ0n) is 10.1. The van der Waals surface area contributed by atoms with E-state index in [4.69, 9.17) is 4.42 Å². The summed E-state index contributed by atoms with van der Waals surface area (Å²) < 4.78 is 5.22. The van der Waals surface area contributed by atoms with Crippen molar-refractivity contribution in [1.82, 2.24) is 0 Å². The van der Waals surface area contributed by atoms with Gasteiger partial charge in [0.1, 0.15) is 5.76 Å². The third kappa shape index (κ3) is 2.88. The third-order valence-corrected chi connectivity index (χ3v) is 2.69. The molecule has 0 amide bonds. The normalized spacial score (nSPS) is 10.3. The number of nitrogens with one attached hydrogen (secondary N) is 1. The maximum absolute atomic E-state index is 10.6. The van der Waals surface area contributed by atoms with Gasteiger partial charge in [0, 0.05) is 30.8 Å². The average Bonchev–Trinajstić information content (AvgIpc) is 2.84. The number of nitrogens with zero attached hydrogens (tertiary/aromatic N) is 1. The molecule has 1 aromatic carbocycles. The van der Waals surface area contributed by atoms with Crippen molar-refractivity contribution >= 4 is 11.4 Å². The van der Waals surface area contributed by atoms with E-state index >= 15 is 0 Å². The zero-order chi connectivity index (χ0) is 13.0. The van der Waals surface area contributed by atoms with E-state index in [0.717, 1.165) is 30.0 Å². The molecule has 0 saturated heterocycles. The average molecular weight is 246 g/mol. The van der Waals surface area contributed by atoms with Gasteiger partial charge in [0.15, 0.2) is 0 Å². The van der Waals surface area contributed by atoms with Gasteiger partial charge >= 0.3 is 0 Å². The van der Waals surface area contributed by atoms with Crippen LogP contribution in [0.1, 0.15) is 11.3 Å². The predicted molar refractivity (Wildman–Crippen MR) is 68.7 cm³/mol. The van der Waals surface area contributed by atoms with E-state index in [1.54, 1.807) is 18.4 Å². The van der Waals surface area contributed by atoms with E-state index in [-0.39, 0.29) is 10.6 Å². The largest absolute Gasteiger partial charge is 0.469 e. The predicted octanol–water partition coefficient (Wildman–Crippen LogP) is 3.15. The summed E-state index contributed by atoms with van der Waals surface area (Å²) in [5, 5.41) is 13.8. The highest BCUT2D eigenvalue weighted by molar-refractivity contribution is 5.55. The number of non-ortho nitro benzene ring substituents is 1. The van der Waals surface area contributed by atoms with Crippen molar-refractivity contribution in [3.63, 3.8) is 0 Å². The van der Waals surface area contributed by atoms with Crippen LogP contribution in [0.2, 0.25) is 0 Å². The lowest BCUT2D eigenvalue weighted by Crippen LogP contribution is -2.05. The quantitative estimate of drug-likeness (QED) is 0.650. The summed E-state index contributed by atoms with van der Waals surface area (Å²) in [5.41, 5.74) is 1.89. The molecule has 0 bridgehead atoms. The monoisotopic (exact) mass is 246 g/mol. The van der Waals surface area contributed by atoms with E-state index in [9.17, 15) is 10.1 Å². The lowest BCUT2D eigenvalue weighted by atomic mass is 10.1. The molecule has 0 aliphatic heterocycles. The molecular weight excluding hydrogens is 232 g/mol. The molecule has 18 heavy (non-hydrogen) atoms. The molecule has 1 aromatic heterocycles. The first-order chi connectivity index (χ1) is 8.66. The van der Waals surface area contributed by atoms with Crippen LogP contribution >= 0.6 is 0 Å². The maximum Gasteiger partial charge on any atom is 0.269 e. The molecule has 5 nitrogen and oxygen atoms in total. The summed E-state index contributed by atoms with van der Waals surface area (Å²) in [6, 6.07) is 8.57. The summed E-state index contributed by atoms with van der Waals surface area (Å²) in [6.07, 6.45) is 2.43.